The Balaban J connectivity index is 0.00000163. The second-order valence-electron chi connectivity index (χ2n) is 6.84. The molecule has 0 aromatic heterocycles. The molecule has 2 rings (SSSR count). The molecule has 0 saturated carbocycles. The summed E-state index contributed by atoms with van der Waals surface area (Å²) in [6.45, 7) is 13.1. The number of carbonyl (C=O) groups excluding carboxylic acids is 2. The first-order chi connectivity index (χ1) is 12.5. The van der Waals surface area contributed by atoms with Gasteiger partial charge in [0.15, 0.2) is 0 Å². The molecule has 5 nitrogen and oxygen atoms in total. The van der Waals surface area contributed by atoms with E-state index < -0.39 is 0 Å². The van der Waals surface area contributed by atoms with Crippen LogP contribution in [0.1, 0.15) is 46.6 Å². The molecule has 1 heterocycles. The molecule has 3 unspecified atom stereocenters. The zero-order valence-electron chi connectivity index (χ0n) is 16.9. The first-order valence-corrected chi connectivity index (χ1v) is 9.75. The highest BCUT2D eigenvalue weighted by atomic mass is 16.2. The van der Waals surface area contributed by atoms with Gasteiger partial charge in [-0.15, -0.1) is 0 Å². The number of nitrogens with zero attached hydrogens (tertiary/aromatic N) is 2. The van der Waals surface area contributed by atoms with E-state index in [-0.39, 0.29) is 18.0 Å². The van der Waals surface area contributed by atoms with Crippen LogP contribution in [0.5, 0.6) is 0 Å². The third-order valence-corrected chi connectivity index (χ3v) is 4.72. The zero-order chi connectivity index (χ0) is 19.5. The van der Waals surface area contributed by atoms with Crippen molar-refractivity contribution in [3.8, 4) is 0 Å². The van der Waals surface area contributed by atoms with E-state index in [1.54, 1.807) is 0 Å². The first kappa shape index (κ1) is 22.3. The number of benzene rings is 1. The quantitative estimate of drug-likeness (QED) is 0.759. The van der Waals surface area contributed by atoms with E-state index in [1.165, 1.54) is 5.56 Å². The number of hydrogen-bond acceptors (Lipinski definition) is 4. The van der Waals surface area contributed by atoms with Crippen LogP contribution in [-0.4, -0.2) is 59.8 Å². The van der Waals surface area contributed by atoms with Crippen molar-refractivity contribution in [1.82, 2.24) is 15.1 Å². The topological polar surface area (TPSA) is 52.7 Å². The lowest BCUT2D eigenvalue weighted by Crippen LogP contribution is -2.59. The predicted octanol–water partition coefficient (Wildman–Crippen LogP) is 2.70. The van der Waals surface area contributed by atoms with Crippen molar-refractivity contribution < 1.29 is 9.59 Å². The number of amides is 1. The Hall–Kier alpha value is -1.72. The third-order valence-electron chi connectivity index (χ3n) is 4.72. The van der Waals surface area contributed by atoms with Crippen molar-refractivity contribution in [2.75, 3.05) is 19.6 Å². The van der Waals surface area contributed by atoms with Gasteiger partial charge in [-0.1, -0.05) is 44.2 Å². The van der Waals surface area contributed by atoms with Crippen LogP contribution in [0.4, 0.5) is 0 Å². The van der Waals surface area contributed by atoms with Crippen LogP contribution in [0, 0.1) is 0 Å². The Morgan fingerprint density at radius 2 is 1.85 bits per heavy atom. The molecule has 146 valence electrons. The number of carbonyl (C=O) groups is 2. The van der Waals surface area contributed by atoms with Gasteiger partial charge in [-0.3, -0.25) is 9.69 Å². The molecule has 1 N–H and O–H groups in total. The summed E-state index contributed by atoms with van der Waals surface area (Å²) in [7, 11) is 0. The van der Waals surface area contributed by atoms with E-state index in [1.807, 2.05) is 31.7 Å². The molecule has 1 aromatic rings. The molecule has 0 aliphatic carbocycles. The molecule has 1 amide bonds. The summed E-state index contributed by atoms with van der Waals surface area (Å²) < 4.78 is 0. The van der Waals surface area contributed by atoms with Crippen molar-refractivity contribution in [1.29, 1.82) is 0 Å². The van der Waals surface area contributed by atoms with Gasteiger partial charge < -0.3 is 15.0 Å². The zero-order valence-corrected chi connectivity index (χ0v) is 16.9. The molecule has 1 aromatic carbocycles. The summed E-state index contributed by atoms with van der Waals surface area (Å²) in [4.78, 5) is 27.4. The molecule has 0 radical (unpaired) electrons. The van der Waals surface area contributed by atoms with Crippen LogP contribution in [0.3, 0.4) is 0 Å². The van der Waals surface area contributed by atoms with E-state index in [2.05, 4.69) is 48.3 Å². The lowest BCUT2D eigenvalue weighted by Gasteiger charge is -2.44. The van der Waals surface area contributed by atoms with Crippen LogP contribution >= 0.6 is 0 Å². The molecular formula is C21H35N3O2. The summed E-state index contributed by atoms with van der Waals surface area (Å²) >= 11 is 0. The second-order valence-corrected chi connectivity index (χ2v) is 6.84. The van der Waals surface area contributed by atoms with Gasteiger partial charge in [0.1, 0.15) is 6.29 Å². The summed E-state index contributed by atoms with van der Waals surface area (Å²) in [6.07, 6.45) is 1.32. The molecule has 0 spiro atoms. The van der Waals surface area contributed by atoms with Crippen molar-refractivity contribution >= 4 is 12.2 Å². The van der Waals surface area contributed by atoms with E-state index in [4.69, 9.17) is 0 Å². The SMILES string of the molecule is CC.CC(CC=O)NCC(=O)N1CC(C)N(Cc2ccccc2)CC1C. The minimum absolute atomic E-state index is 0.0403. The van der Waals surface area contributed by atoms with Gasteiger partial charge in [0.25, 0.3) is 0 Å². The van der Waals surface area contributed by atoms with E-state index in [9.17, 15) is 9.59 Å². The average molecular weight is 362 g/mol. The summed E-state index contributed by atoms with van der Waals surface area (Å²) in [5, 5.41) is 3.13. The minimum atomic E-state index is 0.0403. The van der Waals surface area contributed by atoms with Gasteiger partial charge in [0.05, 0.1) is 6.54 Å². The van der Waals surface area contributed by atoms with Gasteiger partial charge in [-0.25, -0.2) is 0 Å². The molecule has 1 aliphatic heterocycles. The molecule has 0 bridgehead atoms. The van der Waals surface area contributed by atoms with Crippen molar-refractivity contribution in [3.05, 3.63) is 35.9 Å². The molecule has 1 fully saturated rings. The number of hydrogen-bond donors (Lipinski definition) is 1. The lowest BCUT2D eigenvalue weighted by atomic mass is 10.1. The Labute approximate surface area is 158 Å². The van der Waals surface area contributed by atoms with Crippen molar-refractivity contribution in [3.63, 3.8) is 0 Å². The Morgan fingerprint density at radius 1 is 1.19 bits per heavy atom. The highest BCUT2D eigenvalue weighted by molar-refractivity contribution is 5.78. The van der Waals surface area contributed by atoms with E-state index in [0.717, 1.165) is 25.9 Å². The normalized spacial score (nSPS) is 21.5. The summed E-state index contributed by atoms with van der Waals surface area (Å²) in [5.74, 6) is 0.117. The summed E-state index contributed by atoms with van der Waals surface area (Å²) in [5.41, 5.74) is 1.31. The third kappa shape index (κ3) is 6.89. The maximum Gasteiger partial charge on any atom is 0.236 e. The van der Waals surface area contributed by atoms with Crippen LogP contribution < -0.4 is 5.32 Å². The maximum atomic E-state index is 12.5. The Morgan fingerprint density at radius 3 is 2.46 bits per heavy atom. The Bertz CT molecular complexity index is 535. The summed E-state index contributed by atoms with van der Waals surface area (Å²) in [6, 6.07) is 11.0. The maximum absolute atomic E-state index is 12.5. The fraction of sp³-hybridized carbons (Fsp3) is 0.619. The fourth-order valence-electron chi connectivity index (χ4n) is 3.17. The first-order valence-electron chi connectivity index (χ1n) is 9.75. The molecule has 26 heavy (non-hydrogen) atoms. The highest BCUT2D eigenvalue weighted by Gasteiger charge is 2.31. The predicted molar refractivity (Wildman–Crippen MR) is 107 cm³/mol. The number of piperazine rings is 1. The van der Waals surface area contributed by atoms with Gasteiger partial charge in [-0.05, 0) is 26.3 Å². The van der Waals surface area contributed by atoms with Gasteiger partial charge in [0.2, 0.25) is 5.91 Å². The molecule has 1 aliphatic rings. The van der Waals surface area contributed by atoms with E-state index in [0.29, 0.717) is 19.0 Å². The highest BCUT2D eigenvalue weighted by Crippen LogP contribution is 2.18. The molecule has 3 atom stereocenters. The van der Waals surface area contributed by atoms with Gasteiger partial charge in [-0.2, -0.15) is 0 Å². The molecular weight excluding hydrogens is 326 g/mol. The number of aldehydes is 1. The van der Waals surface area contributed by atoms with Crippen LogP contribution in [0.15, 0.2) is 30.3 Å². The smallest absolute Gasteiger partial charge is 0.236 e. The standard InChI is InChI=1S/C19H29N3O2.C2H6/c1-15(9-10-23)20-11-19(24)22-13-16(2)21(12-17(22)3)14-18-7-5-4-6-8-18;1-2/h4-8,10,15-17,20H,9,11-14H2,1-3H3;1-2H3. The van der Waals surface area contributed by atoms with E-state index >= 15 is 0 Å². The van der Waals surface area contributed by atoms with Crippen LogP contribution in [-0.2, 0) is 16.1 Å². The second kappa shape index (κ2) is 11.8. The molecule has 1 saturated heterocycles. The van der Waals surface area contributed by atoms with Crippen LogP contribution in [0.2, 0.25) is 0 Å². The largest absolute Gasteiger partial charge is 0.336 e. The fourth-order valence-corrected chi connectivity index (χ4v) is 3.17. The van der Waals surface area contributed by atoms with Crippen molar-refractivity contribution in [2.45, 2.75) is 65.7 Å². The Kier molecular flexibility index (Phi) is 10.1. The molecule has 5 heteroatoms. The monoisotopic (exact) mass is 361 g/mol. The lowest BCUT2D eigenvalue weighted by molar-refractivity contribution is -0.136. The van der Waals surface area contributed by atoms with Crippen LogP contribution in [0.25, 0.3) is 0 Å². The van der Waals surface area contributed by atoms with Crippen molar-refractivity contribution in [2.24, 2.45) is 0 Å². The number of rotatable bonds is 7. The van der Waals surface area contributed by atoms with Gasteiger partial charge >= 0.3 is 0 Å². The minimum Gasteiger partial charge on any atom is -0.336 e. The van der Waals surface area contributed by atoms with Gasteiger partial charge in [0, 0.05) is 44.2 Å². The average Bonchev–Trinajstić information content (AvgIpc) is 2.65. The number of nitrogens with one attached hydrogen (secondary N) is 1.